The summed E-state index contributed by atoms with van der Waals surface area (Å²) in [5, 5.41) is 5.67. The van der Waals surface area contributed by atoms with Crippen molar-refractivity contribution in [1.82, 2.24) is 5.32 Å². The number of anilines is 2. The maximum Gasteiger partial charge on any atom is 0.319 e. The predicted molar refractivity (Wildman–Crippen MR) is 91.8 cm³/mol. The summed E-state index contributed by atoms with van der Waals surface area (Å²) in [5.41, 5.74) is 3.06. The number of rotatable bonds is 4. The van der Waals surface area contributed by atoms with Gasteiger partial charge in [-0.1, -0.05) is 30.3 Å². The lowest BCUT2D eigenvalue weighted by Gasteiger charge is -2.28. The molecule has 0 aliphatic carbocycles. The van der Waals surface area contributed by atoms with Crippen molar-refractivity contribution in [2.24, 2.45) is 0 Å². The highest BCUT2D eigenvalue weighted by molar-refractivity contribution is 5.89. The Balaban J connectivity index is 1.49. The van der Waals surface area contributed by atoms with Crippen LogP contribution in [0.2, 0.25) is 0 Å². The molecular formula is C18H21N3O2. The lowest BCUT2D eigenvalue weighted by Crippen LogP contribution is -2.36. The Labute approximate surface area is 136 Å². The molecule has 1 heterocycles. The van der Waals surface area contributed by atoms with Crippen molar-refractivity contribution in [2.45, 2.75) is 6.54 Å². The van der Waals surface area contributed by atoms with Crippen LogP contribution in [0.4, 0.5) is 16.2 Å². The van der Waals surface area contributed by atoms with E-state index in [1.54, 1.807) is 0 Å². The van der Waals surface area contributed by atoms with E-state index in [2.05, 4.69) is 27.7 Å². The molecule has 0 radical (unpaired) electrons. The van der Waals surface area contributed by atoms with Crippen LogP contribution >= 0.6 is 0 Å². The van der Waals surface area contributed by atoms with Gasteiger partial charge in [0.2, 0.25) is 0 Å². The van der Waals surface area contributed by atoms with Gasteiger partial charge in [-0.25, -0.2) is 4.79 Å². The molecule has 0 bridgehead atoms. The zero-order valence-corrected chi connectivity index (χ0v) is 13.0. The van der Waals surface area contributed by atoms with E-state index in [1.165, 1.54) is 5.69 Å². The van der Waals surface area contributed by atoms with E-state index in [4.69, 9.17) is 4.74 Å². The summed E-state index contributed by atoms with van der Waals surface area (Å²) in [6.07, 6.45) is 0. The zero-order valence-electron chi connectivity index (χ0n) is 13.0. The van der Waals surface area contributed by atoms with E-state index in [9.17, 15) is 4.79 Å². The summed E-state index contributed by atoms with van der Waals surface area (Å²) in [6, 6.07) is 17.5. The summed E-state index contributed by atoms with van der Waals surface area (Å²) in [5.74, 6) is 0. The number of carbonyl (C=O) groups excluding carboxylic acids is 1. The Morgan fingerprint density at radius 3 is 2.39 bits per heavy atom. The Morgan fingerprint density at radius 1 is 1.00 bits per heavy atom. The fourth-order valence-corrected chi connectivity index (χ4v) is 2.53. The Hall–Kier alpha value is -2.53. The molecule has 120 valence electrons. The summed E-state index contributed by atoms with van der Waals surface area (Å²) in [7, 11) is 0. The average Bonchev–Trinajstić information content (AvgIpc) is 2.62. The third kappa shape index (κ3) is 4.47. The molecular weight excluding hydrogens is 290 g/mol. The number of ether oxygens (including phenoxy) is 1. The molecule has 2 N–H and O–H groups in total. The van der Waals surface area contributed by atoms with Gasteiger partial charge < -0.3 is 20.3 Å². The third-order valence-electron chi connectivity index (χ3n) is 3.80. The van der Waals surface area contributed by atoms with Crippen molar-refractivity contribution in [2.75, 3.05) is 36.5 Å². The van der Waals surface area contributed by atoms with Crippen LogP contribution in [0.15, 0.2) is 54.6 Å². The first-order valence-electron chi connectivity index (χ1n) is 7.83. The molecule has 1 aliphatic heterocycles. The van der Waals surface area contributed by atoms with Gasteiger partial charge in [-0.2, -0.15) is 0 Å². The number of nitrogens with zero attached hydrogens (tertiary/aromatic N) is 1. The largest absolute Gasteiger partial charge is 0.378 e. The number of para-hydroxylation sites is 1. The zero-order chi connectivity index (χ0) is 15.9. The van der Waals surface area contributed by atoms with Crippen molar-refractivity contribution in [1.29, 1.82) is 0 Å². The normalized spacial score (nSPS) is 14.3. The quantitative estimate of drug-likeness (QED) is 0.913. The van der Waals surface area contributed by atoms with Crippen LogP contribution in [0.5, 0.6) is 0 Å². The van der Waals surface area contributed by atoms with E-state index in [0.717, 1.165) is 37.6 Å². The van der Waals surface area contributed by atoms with Crippen molar-refractivity contribution < 1.29 is 9.53 Å². The molecule has 5 nitrogen and oxygen atoms in total. The number of hydrogen-bond donors (Lipinski definition) is 2. The monoisotopic (exact) mass is 311 g/mol. The SMILES string of the molecule is O=C(NCc1ccc(N2CCOCC2)cc1)Nc1ccccc1. The average molecular weight is 311 g/mol. The number of benzene rings is 2. The van der Waals surface area contributed by atoms with Crippen molar-refractivity contribution in [3.63, 3.8) is 0 Å². The van der Waals surface area contributed by atoms with E-state index in [1.807, 2.05) is 42.5 Å². The lowest BCUT2D eigenvalue weighted by atomic mass is 10.2. The number of carbonyl (C=O) groups is 1. The minimum absolute atomic E-state index is 0.201. The van der Waals surface area contributed by atoms with E-state index in [0.29, 0.717) is 6.54 Å². The second-order valence-corrected chi connectivity index (χ2v) is 5.44. The molecule has 1 fully saturated rings. The van der Waals surface area contributed by atoms with Crippen molar-refractivity contribution in [3.8, 4) is 0 Å². The number of urea groups is 1. The molecule has 1 aliphatic rings. The van der Waals surface area contributed by atoms with Crippen LogP contribution in [-0.2, 0) is 11.3 Å². The standard InChI is InChI=1S/C18H21N3O2/c22-18(20-16-4-2-1-3-5-16)19-14-15-6-8-17(9-7-15)21-10-12-23-13-11-21/h1-9H,10-14H2,(H2,19,20,22). The van der Waals surface area contributed by atoms with Crippen LogP contribution < -0.4 is 15.5 Å². The Bertz CT molecular complexity index is 622. The third-order valence-corrected chi connectivity index (χ3v) is 3.80. The minimum atomic E-state index is -0.201. The van der Waals surface area contributed by atoms with Crippen molar-refractivity contribution in [3.05, 3.63) is 60.2 Å². The van der Waals surface area contributed by atoms with Gasteiger partial charge in [0.05, 0.1) is 13.2 Å². The maximum absolute atomic E-state index is 11.9. The second-order valence-electron chi connectivity index (χ2n) is 5.44. The molecule has 5 heteroatoms. The summed E-state index contributed by atoms with van der Waals surface area (Å²) in [4.78, 5) is 14.2. The first-order valence-corrected chi connectivity index (χ1v) is 7.83. The lowest BCUT2D eigenvalue weighted by molar-refractivity contribution is 0.122. The molecule has 0 spiro atoms. The summed E-state index contributed by atoms with van der Waals surface area (Å²) in [6.45, 7) is 3.92. The minimum Gasteiger partial charge on any atom is -0.378 e. The molecule has 2 aromatic carbocycles. The molecule has 0 unspecified atom stereocenters. The van der Waals surface area contributed by atoms with Gasteiger partial charge in [0.1, 0.15) is 0 Å². The highest BCUT2D eigenvalue weighted by atomic mass is 16.5. The molecule has 1 saturated heterocycles. The highest BCUT2D eigenvalue weighted by Crippen LogP contribution is 2.16. The maximum atomic E-state index is 11.9. The molecule has 2 aromatic rings. The van der Waals surface area contributed by atoms with Crippen LogP contribution in [0, 0.1) is 0 Å². The first-order chi connectivity index (χ1) is 11.3. The van der Waals surface area contributed by atoms with E-state index in [-0.39, 0.29) is 6.03 Å². The Kier molecular flexibility index (Phi) is 5.11. The molecule has 3 rings (SSSR count). The fraction of sp³-hybridized carbons (Fsp3) is 0.278. The van der Waals surface area contributed by atoms with Gasteiger partial charge >= 0.3 is 6.03 Å². The van der Waals surface area contributed by atoms with Crippen LogP contribution in [0.1, 0.15) is 5.56 Å². The topological polar surface area (TPSA) is 53.6 Å². The second kappa shape index (κ2) is 7.65. The number of nitrogens with one attached hydrogen (secondary N) is 2. The van der Waals surface area contributed by atoms with E-state index < -0.39 is 0 Å². The van der Waals surface area contributed by atoms with Gasteiger partial charge in [-0.3, -0.25) is 0 Å². The molecule has 23 heavy (non-hydrogen) atoms. The fourth-order valence-electron chi connectivity index (χ4n) is 2.53. The van der Waals surface area contributed by atoms with Crippen molar-refractivity contribution >= 4 is 17.4 Å². The summed E-state index contributed by atoms with van der Waals surface area (Å²) < 4.78 is 5.36. The number of morpholine rings is 1. The first kappa shape index (κ1) is 15.4. The van der Waals surface area contributed by atoms with Gasteiger partial charge in [-0.15, -0.1) is 0 Å². The predicted octanol–water partition coefficient (Wildman–Crippen LogP) is 2.84. The van der Waals surface area contributed by atoms with Crippen LogP contribution in [0.25, 0.3) is 0 Å². The molecule has 0 aromatic heterocycles. The number of hydrogen-bond acceptors (Lipinski definition) is 3. The van der Waals surface area contributed by atoms with E-state index >= 15 is 0 Å². The smallest absolute Gasteiger partial charge is 0.319 e. The molecule has 0 saturated carbocycles. The molecule has 2 amide bonds. The van der Waals surface area contributed by atoms with Gasteiger partial charge in [0, 0.05) is 31.0 Å². The van der Waals surface area contributed by atoms with Gasteiger partial charge in [0.25, 0.3) is 0 Å². The highest BCUT2D eigenvalue weighted by Gasteiger charge is 2.10. The molecule has 0 atom stereocenters. The van der Waals surface area contributed by atoms with Crippen LogP contribution in [0.3, 0.4) is 0 Å². The van der Waals surface area contributed by atoms with Gasteiger partial charge in [-0.05, 0) is 29.8 Å². The Morgan fingerprint density at radius 2 is 1.70 bits per heavy atom. The van der Waals surface area contributed by atoms with Gasteiger partial charge in [0.15, 0.2) is 0 Å². The van der Waals surface area contributed by atoms with Crippen LogP contribution in [-0.4, -0.2) is 32.3 Å². The summed E-state index contributed by atoms with van der Waals surface area (Å²) >= 11 is 0. The number of amides is 2.